The minimum Gasteiger partial charge on any atom is -0.371 e. The van der Waals surface area contributed by atoms with Crippen molar-refractivity contribution >= 4 is 29.3 Å². The predicted octanol–water partition coefficient (Wildman–Crippen LogP) is 3.09. The Morgan fingerprint density at radius 2 is 1.33 bits per heavy atom. The molecular formula is C31H36N4O4. The largest absolute Gasteiger partial charge is 0.371 e. The predicted molar refractivity (Wildman–Crippen MR) is 147 cm³/mol. The van der Waals surface area contributed by atoms with Gasteiger partial charge >= 0.3 is 0 Å². The first-order valence-electron chi connectivity index (χ1n) is 14.4. The van der Waals surface area contributed by atoms with Crippen LogP contribution in [-0.2, 0) is 22.4 Å². The molecule has 4 heterocycles. The van der Waals surface area contributed by atoms with Gasteiger partial charge in [-0.3, -0.25) is 29.4 Å². The monoisotopic (exact) mass is 528 g/mol. The second-order valence-electron chi connectivity index (χ2n) is 11.5. The van der Waals surface area contributed by atoms with Crippen LogP contribution in [0.4, 0.5) is 5.69 Å². The van der Waals surface area contributed by atoms with E-state index < -0.39 is 23.8 Å². The molecule has 8 heteroatoms. The molecule has 2 aromatic rings. The molecule has 4 aliphatic heterocycles. The molecule has 1 atom stereocenters. The highest BCUT2D eigenvalue weighted by Gasteiger charge is 2.44. The number of fused-ring (bicyclic) bond motifs is 1. The molecule has 39 heavy (non-hydrogen) atoms. The smallest absolute Gasteiger partial charge is 0.262 e. The van der Waals surface area contributed by atoms with Crippen LogP contribution in [0.2, 0.25) is 0 Å². The molecule has 1 unspecified atom stereocenters. The minimum absolute atomic E-state index is 0.118. The zero-order valence-corrected chi connectivity index (χ0v) is 22.3. The number of hydrogen-bond acceptors (Lipinski definition) is 6. The first-order valence-corrected chi connectivity index (χ1v) is 14.4. The van der Waals surface area contributed by atoms with Crippen molar-refractivity contribution in [2.24, 2.45) is 11.8 Å². The molecular weight excluding hydrogens is 492 g/mol. The van der Waals surface area contributed by atoms with E-state index in [1.54, 1.807) is 12.1 Å². The molecule has 2 aromatic carbocycles. The molecule has 4 aliphatic rings. The standard InChI is InChI=1S/C31H36N4O4/c36-28-8-7-27(29(37)33-28)35-30(38)25-6-5-24(19-26(25)31(35)39)34-15-11-23(12-16-34)18-21-3-1-20(2-4-21)17-22-9-13-32-14-10-22/h1-6,19,22-23,27,32H,7-18H2,(H,33,36,37). The summed E-state index contributed by atoms with van der Waals surface area (Å²) >= 11 is 0. The third-order valence-electron chi connectivity index (χ3n) is 8.93. The fraction of sp³-hybridized carbons (Fsp3) is 0.484. The normalized spacial score (nSPS) is 22.8. The van der Waals surface area contributed by atoms with Crippen LogP contribution in [0.3, 0.4) is 0 Å². The van der Waals surface area contributed by atoms with Gasteiger partial charge in [-0.25, -0.2) is 0 Å². The molecule has 8 nitrogen and oxygen atoms in total. The molecule has 0 aliphatic carbocycles. The Morgan fingerprint density at radius 3 is 1.97 bits per heavy atom. The summed E-state index contributed by atoms with van der Waals surface area (Å²) in [6.07, 6.45) is 7.23. The number of nitrogens with zero attached hydrogens (tertiary/aromatic N) is 2. The van der Waals surface area contributed by atoms with Gasteiger partial charge in [0.05, 0.1) is 11.1 Å². The van der Waals surface area contributed by atoms with Gasteiger partial charge in [-0.15, -0.1) is 0 Å². The topological polar surface area (TPSA) is 98.8 Å². The maximum Gasteiger partial charge on any atom is 0.262 e. The van der Waals surface area contributed by atoms with Crippen LogP contribution in [0.5, 0.6) is 0 Å². The molecule has 0 radical (unpaired) electrons. The Hall–Kier alpha value is -3.52. The Kier molecular flexibility index (Phi) is 7.21. The average Bonchev–Trinajstić information content (AvgIpc) is 3.20. The molecule has 2 N–H and O–H groups in total. The third kappa shape index (κ3) is 5.35. The second kappa shape index (κ2) is 10.9. The highest BCUT2D eigenvalue weighted by molar-refractivity contribution is 6.23. The van der Waals surface area contributed by atoms with Crippen LogP contribution in [0.15, 0.2) is 42.5 Å². The Bertz CT molecular complexity index is 1280. The minimum atomic E-state index is -0.937. The van der Waals surface area contributed by atoms with E-state index >= 15 is 0 Å². The van der Waals surface area contributed by atoms with Crippen LogP contribution in [0, 0.1) is 11.8 Å². The van der Waals surface area contributed by atoms with Crippen molar-refractivity contribution in [3.63, 3.8) is 0 Å². The average molecular weight is 529 g/mol. The molecule has 6 rings (SSSR count). The lowest BCUT2D eigenvalue weighted by molar-refractivity contribution is -0.136. The summed E-state index contributed by atoms with van der Waals surface area (Å²) in [6, 6.07) is 13.7. The molecule has 0 saturated carbocycles. The van der Waals surface area contributed by atoms with Gasteiger partial charge in [-0.1, -0.05) is 24.3 Å². The maximum atomic E-state index is 13.2. The number of imide groups is 2. The van der Waals surface area contributed by atoms with Crippen molar-refractivity contribution in [1.82, 2.24) is 15.5 Å². The number of hydrogen-bond donors (Lipinski definition) is 2. The number of amides is 4. The second-order valence-corrected chi connectivity index (χ2v) is 11.5. The van der Waals surface area contributed by atoms with E-state index in [-0.39, 0.29) is 18.7 Å². The molecule has 3 fully saturated rings. The van der Waals surface area contributed by atoms with Crippen molar-refractivity contribution in [2.45, 2.75) is 57.4 Å². The van der Waals surface area contributed by atoms with E-state index in [9.17, 15) is 19.2 Å². The van der Waals surface area contributed by atoms with Crippen molar-refractivity contribution in [1.29, 1.82) is 0 Å². The zero-order valence-electron chi connectivity index (χ0n) is 22.3. The summed E-state index contributed by atoms with van der Waals surface area (Å²) in [5.74, 6) is -0.448. The molecule has 3 saturated heterocycles. The van der Waals surface area contributed by atoms with Gasteiger partial charge < -0.3 is 10.2 Å². The quantitative estimate of drug-likeness (QED) is 0.559. The van der Waals surface area contributed by atoms with Crippen molar-refractivity contribution in [3.8, 4) is 0 Å². The lowest BCUT2D eigenvalue weighted by atomic mass is 9.88. The number of carbonyl (C=O) groups is 4. The van der Waals surface area contributed by atoms with Crippen LogP contribution in [0.25, 0.3) is 0 Å². The fourth-order valence-electron chi connectivity index (χ4n) is 6.61. The van der Waals surface area contributed by atoms with Gasteiger partial charge in [0, 0.05) is 25.2 Å². The van der Waals surface area contributed by atoms with Crippen molar-refractivity contribution < 1.29 is 19.2 Å². The maximum absolute atomic E-state index is 13.2. The SMILES string of the molecule is O=C1CCC(N2C(=O)c3ccc(N4CCC(Cc5ccc(CC6CCNCC6)cc5)CC4)cc3C2=O)C(=O)N1. The lowest BCUT2D eigenvalue weighted by Crippen LogP contribution is -2.54. The number of benzene rings is 2. The molecule has 204 valence electrons. The number of nitrogens with one attached hydrogen (secondary N) is 2. The van der Waals surface area contributed by atoms with E-state index in [0.29, 0.717) is 17.0 Å². The zero-order chi connectivity index (χ0) is 26.9. The van der Waals surface area contributed by atoms with Crippen LogP contribution < -0.4 is 15.5 Å². The van der Waals surface area contributed by atoms with E-state index in [1.807, 2.05) is 6.07 Å². The van der Waals surface area contributed by atoms with Gasteiger partial charge in [0.1, 0.15) is 6.04 Å². The summed E-state index contributed by atoms with van der Waals surface area (Å²) in [5, 5.41) is 5.69. The first kappa shape index (κ1) is 25.7. The van der Waals surface area contributed by atoms with Crippen LogP contribution in [-0.4, -0.2) is 60.7 Å². The third-order valence-corrected chi connectivity index (χ3v) is 8.93. The van der Waals surface area contributed by atoms with E-state index in [4.69, 9.17) is 0 Å². The van der Waals surface area contributed by atoms with E-state index in [2.05, 4.69) is 39.8 Å². The van der Waals surface area contributed by atoms with Gasteiger partial charge in [0.15, 0.2) is 0 Å². The first-order chi connectivity index (χ1) is 19.0. The summed E-state index contributed by atoms with van der Waals surface area (Å²) in [6.45, 7) is 4.08. The van der Waals surface area contributed by atoms with E-state index in [0.717, 1.165) is 61.9 Å². The fourth-order valence-corrected chi connectivity index (χ4v) is 6.61. The molecule has 0 spiro atoms. The van der Waals surface area contributed by atoms with Crippen molar-refractivity contribution in [3.05, 3.63) is 64.7 Å². The lowest BCUT2D eigenvalue weighted by Gasteiger charge is -2.34. The van der Waals surface area contributed by atoms with Gasteiger partial charge in [-0.05, 0) is 99.2 Å². The number of piperidine rings is 3. The van der Waals surface area contributed by atoms with Crippen LogP contribution in [0.1, 0.15) is 70.4 Å². The van der Waals surface area contributed by atoms with Gasteiger partial charge in [0.2, 0.25) is 11.8 Å². The van der Waals surface area contributed by atoms with Crippen LogP contribution >= 0.6 is 0 Å². The highest BCUT2D eigenvalue weighted by Crippen LogP contribution is 2.33. The number of carbonyl (C=O) groups excluding carboxylic acids is 4. The summed E-state index contributed by atoms with van der Waals surface area (Å²) in [5.41, 5.74) is 4.44. The summed E-state index contributed by atoms with van der Waals surface area (Å²) in [7, 11) is 0. The van der Waals surface area contributed by atoms with E-state index in [1.165, 1.54) is 30.4 Å². The number of anilines is 1. The Labute approximate surface area is 229 Å². The summed E-state index contributed by atoms with van der Waals surface area (Å²) in [4.78, 5) is 53.3. The molecule has 0 aromatic heterocycles. The molecule has 0 bridgehead atoms. The highest BCUT2D eigenvalue weighted by atomic mass is 16.2. The van der Waals surface area contributed by atoms with Gasteiger partial charge in [-0.2, -0.15) is 0 Å². The Balaban J connectivity index is 1.05. The molecule has 4 amide bonds. The van der Waals surface area contributed by atoms with Crippen molar-refractivity contribution in [2.75, 3.05) is 31.1 Å². The summed E-state index contributed by atoms with van der Waals surface area (Å²) < 4.78 is 0. The number of rotatable bonds is 6. The Morgan fingerprint density at radius 1 is 0.718 bits per heavy atom. The van der Waals surface area contributed by atoms with Gasteiger partial charge in [0.25, 0.3) is 11.8 Å².